The van der Waals surface area contributed by atoms with Crippen molar-refractivity contribution >= 4 is 41.5 Å². The number of fused-ring (bicyclic) bond motifs is 2. The third-order valence-electron chi connectivity index (χ3n) is 7.22. The highest BCUT2D eigenvalue weighted by molar-refractivity contribution is 6.16. The molecule has 3 heterocycles. The van der Waals surface area contributed by atoms with Crippen molar-refractivity contribution < 1.29 is 14.1 Å². The minimum Gasteiger partial charge on any atom is -0.326 e. The Morgan fingerprint density at radius 3 is 2.70 bits per heavy atom. The van der Waals surface area contributed by atoms with Gasteiger partial charge in [0.1, 0.15) is 0 Å². The molecule has 7 nitrogen and oxygen atoms in total. The molecule has 1 fully saturated rings. The van der Waals surface area contributed by atoms with Crippen LogP contribution in [0.1, 0.15) is 43.5 Å². The first-order valence-corrected chi connectivity index (χ1v) is 11.7. The van der Waals surface area contributed by atoms with E-state index in [0.717, 1.165) is 56.5 Å². The Hall–Kier alpha value is -2.64. The van der Waals surface area contributed by atoms with Gasteiger partial charge in [0.25, 0.3) is 5.91 Å². The molecule has 4 rings (SSSR count). The number of benzene rings is 1. The number of aromatic nitrogens is 1. The van der Waals surface area contributed by atoms with E-state index in [1.54, 1.807) is 29.3 Å². The standard InChI is InChI=1S/C25H33N5O2.ClH/c1-4-30(3,5-2)17-14-19-10-9-16-28(18-19)25(32)29-22-13-7-6-11-20(22)24(31)27-21-12-8-15-26-23(21)29;/h6-8,11-13,15,19H,4-5,9-10,14,16-18H2,1-3H3;1H/p+1. The number of carbonyl (C=O) groups is 2. The maximum atomic E-state index is 13.9. The van der Waals surface area contributed by atoms with Gasteiger partial charge in [0.2, 0.25) is 0 Å². The van der Waals surface area contributed by atoms with Crippen LogP contribution in [-0.2, 0) is 0 Å². The van der Waals surface area contributed by atoms with Crippen LogP contribution in [0.5, 0.6) is 0 Å². The predicted octanol–water partition coefficient (Wildman–Crippen LogP) is 4.92. The van der Waals surface area contributed by atoms with Gasteiger partial charge in [-0.15, -0.1) is 12.4 Å². The Morgan fingerprint density at radius 1 is 1.18 bits per heavy atom. The molecule has 8 heteroatoms. The second kappa shape index (κ2) is 10.5. The molecule has 1 aromatic carbocycles. The number of pyridine rings is 1. The number of urea groups is 1. The Kier molecular flexibility index (Phi) is 7.97. The monoisotopic (exact) mass is 472 g/mol. The van der Waals surface area contributed by atoms with Gasteiger partial charge in [0.15, 0.2) is 5.82 Å². The van der Waals surface area contributed by atoms with Crippen molar-refractivity contribution in [3.05, 3.63) is 48.2 Å². The van der Waals surface area contributed by atoms with Crippen LogP contribution in [0, 0.1) is 5.92 Å². The lowest BCUT2D eigenvalue weighted by atomic mass is 9.94. The van der Waals surface area contributed by atoms with E-state index in [9.17, 15) is 9.59 Å². The van der Waals surface area contributed by atoms with Crippen LogP contribution in [0.15, 0.2) is 42.6 Å². The first kappa shape index (κ1) is 25.0. The second-order valence-electron chi connectivity index (χ2n) is 9.18. The topological polar surface area (TPSA) is 65.5 Å². The largest absolute Gasteiger partial charge is 0.330 e. The van der Waals surface area contributed by atoms with E-state index in [1.807, 2.05) is 23.1 Å². The van der Waals surface area contributed by atoms with E-state index in [-0.39, 0.29) is 24.3 Å². The highest BCUT2D eigenvalue weighted by atomic mass is 35.5. The molecular weight excluding hydrogens is 438 g/mol. The maximum Gasteiger partial charge on any atom is 0.330 e. The van der Waals surface area contributed by atoms with Crippen LogP contribution in [0.3, 0.4) is 0 Å². The summed E-state index contributed by atoms with van der Waals surface area (Å²) in [6.07, 6.45) is 4.93. The molecule has 1 N–H and O–H groups in total. The van der Waals surface area contributed by atoms with Crippen molar-refractivity contribution in [2.45, 2.75) is 33.1 Å². The van der Waals surface area contributed by atoms with E-state index in [0.29, 0.717) is 28.7 Å². The average molecular weight is 473 g/mol. The fourth-order valence-corrected chi connectivity index (χ4v) is 4.68. The number of hydrogen-bond donors (Lipinski definition) is 1. The summed E-state index contributed by atoms with van der Waals surface area (Å²) < 4.78 is 1.06. The van der Waals surface area contributed by atoms with Gasteiger partial charge in [-0.1, -0.05) is 12.1 Å². The summed E-state index contributed by atoms with van der Waals surface area (Å²) in [5, 5.41) is 2.91. The lowest BCUT2D eigenvalue weighted by Gasteiger charge is -2.38. The fraction of sp³-hybridized carbons (Fsp3) is 0.480. The van der Waals surface area contributed by atoms with Gasteiger partial charge >= 0.3 is 6.03 Å². The van der Waals surface area contributed by atoms with Gasteiger partial charge in [0, 0.05) is 25.7 Å². The lowest BCUT2D eigenvalue weighted by molar-refractivity contribution is -0.906. The number of carbonyl (C=O) groups excluding carboxylic acids is 2. The quantitative estimate of drug-likeness (QED) is 0.628. The minimum atomic E-state index is -0.224. The zero-order chi connectivity index (χ0) is 22.7. The highest BCUT2D eigenvalue weighted by Crippen LogP contribution is 2.37. The summed E-state index contributed by atoms with van der Waals surface area (Å²) in [6.45, 7) is 9.35. The van der Waals surface area contributed by atoms with Crippen molar-refractivity contribution in [1.82, 2.24) is 9.88 Å². The molecule has 2 aliphatic heterocycles. The summed E-state index contributed by atoms with van der Waals surface area (Å²) in [5.74, 6) is 0.741. The molecule has 0 aliphatic carbocycles. The molecule has 1 saturated heterocycles. The molecule has 3 amide bonds. The van der Waals surface area contributed by atoms with Crippen LogP contribution >= 0.6 is 12.4 Å². The average Bonchev–Trinajstić information content (AvgIpc) is 2.96. The van der Waals surface area contributed by atoms with Crippen molar-refractivity contribution in [2.75, 3.05) is 50.0 Å². The summed E-state index contributed by atoms with van der Waals surface area (Å²) in [7, 11) is 2.31. The molecular formula is C25H35ClN5O2+. The van der Waals surface area contributed by atoms with Crippen molar-refractivity contribution in [2.24, 2.45) is 5.92 Å². The first-order valence-electron chi connectivity index (χ1n) is 11.7. The SMILES string of the molecule is CC[N+](C)(CC)CCC1CCCN(C(=O)N2c3ccccc3C(=O)Nc3cccnc32)C1.Cl. The second-order valence-corrected chi connectivity index (χ2v) is 9.18. The number of amides is 3. The number of piperidine rings is 1. The van der Waals surface area contributed by atoms with Crippen LogP contribution in [0.4, 0.5) is 22.0 Å². The van der Waals surface area contributed by atoms with Crippen LogP contribution in [0.2, 0.25) is 0 Å². The molecule has 2 aromatic rings. The molecule has 1 aromatic heterocycles. The van der Waals surface area contributed by atoms with Crippen molar-refractivity contribution in [3.63, 3.8) is 0 Å². The lowest BCUT2D eigenvalue weighted by Crippen LogP contribution is -2.48. The van der Waals surface area contributed by atoms with E-state index >= 15 is 0 Å². The molecule has 178 valence electrons. The van der Waals surface area contributed by atoms with E-state index in [2.05, 4.69) is 31.2 Å². The molecule has 2 aliphatic rings. The normalized spacial score (nSPS) is 17.9. The number of quaternary nitrogens is 1. The number of para-hydroxylation sites is 1. The minimum absolute atomic E-state index is 0. The number of halogens is 1. The smallest absolute Gasteiger partial charge is 0.326 e. The van der Waals surface area contributed by atoms with Crippen molar-refractivity contribution in [1.29, 1.82) is 0 Å². The van der Waals surface area contributed by atoms with Crippen LogP contribution < -0.4 is 10.2 Å². The molecule has 33 heavy (non-hydrogen) atoms. The highest BCUT2D eigenvalue weighted by Gasteiger charge is 2.35. The molecule has 0 radical (unpaired) electrons. The van der Waals surface area contributed by atoms with Crippen LogP contribution in [-0.4, -0.2) is 66.1 Å². The van der Waals surface area contributed by atoms with E-state index < -0.39 is 0 Å². The van der Waals surface area contributed by atoms with Gasteiger partial charge in [0.05, 0.1) is 43.6 Å². The third-order valence-corrected chi connectivity index (χ3v) is 7.22. The van der Waals surface area contributed by atoms with Crippen LogP contribution in [0.25, 0.3) is 0 Å². The zero-order valence-corrected chi connectivity index (χ0v) is 20.6. The van der Waals surface area contributed by atoms with Gasteiger partial charge in [-0.3, -0.25) is 4.79 Å². The molecule has 1 unspecified atom stereocenters. The Morgan fingerprint density at radius 2 is 1.94 bits per heavy atom. The number of nitrogens with zero attached hydrogens (tertiary/aromatic N) is 4. The summed E-state index contributed by atoms with van der Waals surface area (Å²) in [5.41, 5.74) is 1.61. The number of anilines is 3. The van der Waals surface area contributed by atoms with Gasteiger partial charge in [-0.05, 0) is 56.9 Å². The van der Waals surface area contributed by atoms with Gasteiger partial charge in [-0.25, -0.2) is 14.7 Å². The first-order chi connectivity index (χ1) is 15.5. The number of hydrogen-bond acceptors (Lipinski definition) is 3. The molecule has 1 atom stereocenters. The molecule has 0 saturated carbocycles. The zero-order valence-electron chi connectivity index (χ0n) is 19.8. The number of likely N-dealkylation sites (tertiary alicyclic amines) is 1. The fourth-order valence-electron chi connectivity index (χ4n) is 4.68. The summed E-state index contributed by atoms with van der Waals surface area (Å²) in [4.78, 5) is 34.7. The van der Waals surface area contributed by atoms with Gasteiger partial charge < -0.3 is 14.7 Å². The van der Waals surface area contributed by atoms with Crippen molar-refractivity contribution in [3.8, 4) is 0 Å². The maximum absolute atomic E-state index is 13.9. The Balaban J connectivity index is 0.00000306. The predicted molar refractivity (Wildman–Crippen MR) is 134 cm³/mol. The number of rotatable bonds is 5. The van der Waals surface area contributed by atoms with Gasteiger partial charge in [-0.2, -0.15) is 0 Å². The van der Waals surface area contributed by atoms with E-state index in [4.69, 9.17) is 0 Å². The Labute approximate surface area is 202 Å². The number of nitrogens with one attached hydrogen (secondary N) is 1. The third kappa shape index (κ3) is 5.14. The summed E-state index contributed by atoms with van der Waals surface area (Å²) >= 11 is 0. The Bertz CT molecular complexity index is 994. The molecule has 0 bridgehead atoms. The molecule has 0 spiro atoms. The summed E-state index contributed by atoms with van der Waals surface area (Å²) in [6, 6.07) is 10.7. The van der Waals surface area contributed by atoms with E-state index in [1.165, 1.54) is 0 Å².